The Morgan fingerprint density at radius 1 is 0.900 bits per heavy atom. The first-order valence-electron chi connectivity index (χ1n) is 13.5. The van der Waals surface area contributed by atoms with Crippen LogP contribution in [0, 0.1) is 11.7 Å². The van der Waals surface area contributed by atoms with Gasteiger partial charge < -0.3 is 4.74 Å². The molecule has 1 atom stereocenters. The number of Topliss-reactive ketones (excluding diaryl/α,β-unsaturated/α-hetero) is 1. The zero-order valence-corrected chi connectivity index (χ0v) is 22.8. The van der Waals surface area contributed by atoms with E-state index in [2.05, 4.69) is 38.1 Å². The molecular weight excluding hydrogens is 501 g/mol. The van der Waals surface area contributed by atoms with Crippen LogP contribution >= 0.6 is 0 Å². The van der Waals surface area contributed by atoms with E-state index in [-0.39, 0.29) is 22.9 Å². The van der Waals surface area contributed by atoms with Crippen molar-refractivity contribution in [3.05, 3.63) is 118 Å². The van der Waals surface area contributed by atoms with Crippen LogP contribution in [0.2, 0.25) is 0 Å². The second kappa shape index (κ2) is 9.91. The maximum absolute atomic E-state index is 13.5. The fourth-order valence-corrected chi connectivity index (χ4v) is 5.98. The van der Waals surface area contributed by atoms with E-state index < -0.39 is 6.09 Å². The highest BCUT2D eigenvalue weighted by Crippen LogP contribution is 2.36. The molecular formula is C35H30FNO3. The lowest BCUT2D eigenvalue weighted by Gasteiger charge is -2.34. The number of para-hydroxylation sites is 1. The van der Waals surface area contributed by atoms with Crippen molar-refractivity contribution < 1.29 is 18.7 Å². The SMILES string of the molecule is CN(C(=O)Oc1ccc2c(c1)CC=c1c-2ccc2c1=CC(C(=O)c1ccc(F)cc1)CC2(C)C)c1ccccc1. The third-order valence-corrected chi connectivity index (χ3v) is 8.10. The molecule has 4 nitrogen and oxygen atoms in total. The van der Waals surface area contributed by atoms with Crippen molar-refractivity contribution >= 4 is 29.7 Å². The number of ketones is 1. The van der Waals surface area contributed by atoms with Gasteiger partial charge in [0.15, 0.2) is 5.78 Å². The number of hydrogen-bond acceptors (Lipinski definition) is 3. The number of amides is 1. The van der Waals surface area contributed by atoms with Crippen LogP contribution in [0.15, 0.2) is 84.9 Å². The first kappa shape index (κ1) is 25.8. The van der Waals surface area contributed by atoms with Crippen LogP contribution in [0.25, 0.3) is 23.3 Å². The lowest BCUT2D eigenvalue weighted by molar-refractivity contribution is 0.0933. The van der Waals surface area contributed by atoms with Crippen molar-refractivity contribution in [2.75, 3.05) is 11.9 Å². The topological polar surface area (TPSA) is 46.6 Å². The lowest BCUT2D eigenvalue weighted by atomic mass is 9.69. The smallest absolute Gasteiger partial charge is 0.410 e. The molecule has 4 aromatic rings. The summed E-state index contributed by atoms with van der Waals surface area (Å²) in [6, 6.07) is 25.3. The Morgan fingerprint density at radius 3 is 2.38 bits per heavy atom. The minimum Gasteiger partial charge on any atom is -0.410 e. The van der Waals surface area contributed by atoms with E-state index in [9.17, 15) is 14.0 Å². The predicted molar refractivity (Wildman–Crippen MR) is 156 cm³/mol. The molecule has 0 spiro atoms. The van der Waals surface area contributed by atoms with Gasteiger partial charge in [-0.2, -0.15) is 0 Å². The van der Waals surface area contributed by atoms with Crippen molar-refractivity contribution in [3.8, 4) is 16.9 Å². The van der Waals surface area contributed by atoms with E-state index in [4.69, 9.17) is 4.74 Å². The number of hydrogen-bond donors (Lipinski definition) is 0. The molecule has 0 aromatic heterocycles. The van der Waals surface area contributed by atoms with Crippen LogP contribution in [0.5, 0.6) is 5.75 Å². The van der Waals surface area contributed by atoms with Gasteiger partial charge in [0.05, 0.1) is 0 Å². The van der Waals surface area contributed by atoms with Crippen LogP contribution in [0.4, 0.5) is 14.9 Å². The summed E-state index contributed by atoms with van der Waals surface area (Å²) in [5.74, 6) is -0.130. The molecule has 2 aliphatic rings. The summed E-state index contributed by atoms with van der Waals surface area (Å²) < 4.78 is 19.2. The molecule has 0 radical (unpaired) electrons. The third kappa shape index (κ3) is 4.62. The van der Waals surface area contributed by atoms with Crippen molar-refractivity contribution in [1.29, 1.82) is 0 Å². The summed E-state index contributed by atoms with van der Waals surface area (Å²) in [4.78, 5) is 27.7. The Kier molecular flexibility index (Phi) is 6.38. The first-order chi connectivity index (χ1) is 19.2. The van der Waals surface area contributed by atoms with Crippen LogP contribution in [-0.2, 0) is 11.8 Å². The molecule has 0 aliphatic heterocycles. The number of carbonyl (C=O) groups excluding carboxylic acids is 2. The second-order valence-electron chi connectivity index (χ2n) is 11.2. The number of nitrogens with zero attached hydrogens (tertiary/aromatic N) is 1. The van der Waals surface area contributed by atoms with E-state index >= 15 is 0 Å². The van der Waals surface area contributed by atoms with Crippen molar-refractivity contribution in [3.63, 3.8) is 0 Å². The summed E-state index contributed by atoms with van der Waals surface area (Å²) in [7, 11) is 1.69. The van der Waals surface area contributed by atoms with Crippen LogP contribution in [0.3, 0.4) is 0 Å². The molecule has 2 aliphatic carbocycles. The molecule has 200 valence electrons. The molecule has 0 saturated carbocycles. The molecule has 0 N–H and O–H groups in total. The zero-order chi connectivity index (χ0) is 28.0. The van der Waals surface area contributed by atoms with Gasteiger partial charge >= 0.3 is 6.09 Å². The second-order valence-corrected chi connectivity index (χ2v) is 11.2. The van der Waals surface area contributed by atoms with Gasteiger partial charge in [-0.15, -0.1) is 0 Å². The Bertz CT molecular complexity index is 1760. The van der Waals surface area contributed by atoms with Gasteiger partial charge in [0, 0.05) is 24.2 Å². The molecule has 0 saturated heterocycles. The van der Waals surface area contributed by atoms with Crippen LogP contribution in [0.1, 0.15) is 41.8 Å². The number of anilines is 1. The highest BCUT2D eigenvalue weighted by Gasteiger charge is 2.34. The maximum Gasteiger partial charge on any atom is 0.419 e. The monoisotopic (exact) mass is 531 g/mol. The largest absolute Gasteiger partial charge is 0.419 e. The lowest BCUT2D eigenvalue weighted by Crippen LogP contribution is -2.43. The number of rotatable bonds is 4. The molecule has 1 unspecified atom stereocenters. The average molecular weight is 532 g/mol. The van der Waals surface area contributed by atoms with Gasteiger partial charge in [-0.3, -0.25) is 9.69 Å². The molecule has 0 heterocycles. The van der Waals surface area contributed by atoms with E-state index in [1.165, 1.54) is 22.6 Å². The van der Waals surface area contributed by atoms with E-state index in [0.29, 0.717) is 24.2 Å². The summed E-state index contributed by atoms with van der Waals surface area (Å²) in [6.07, 6.45) is 5.23. The number of halogens is 1. The van der Waals surface area contributed by atoms with Gasteiger partial charge in [0.2, 0.25) is 0 Å². The quantitative estimate of drug-likeness (QED) is 0.285. The van der Waals surface area contributed by atoms with E-state index in [1.807, 2.05) is 48.5 Å². The average Bonchev–Trinajstić information content (AvgIpc) is 2.96. The molecule has 40 heavy (non-hydrogen) atoms. The number of benzene rings is 4. The first-order valence-corrected chi connectivity index (χ1v) is 13.5. The highest BCUT2D eigenvalue weighted by atomic mass is 19.1. The molecule has 4 aromatic carbocycles. The fraction of sp³-hybridized carbons (Fsp3) is 0.200. The molecule has 6 rings (SSSR count). The van der Waals surface area contributed by atoms with E-state index in [0.717, 1.165) is 32.8 Å². The van der Waals surface area contributed by atoms with Gasteiger partial charge in [-0.05, 0) is 99.5 Å². The number of fused-ring (bicyclic) bond motifs is 5. The van der Waals surface area contributed by atoms with Gasteiger partial charge in [0.1, 0.15) is 11.6 Å². The molecule has 0 fully saturated rings. The third-order valence-electron chi connectivity index (χ3n) is 8.10. The van der Waals surface area contributed by atoms with Crippen molar-refractivity contribution in [2.24, 2.45) is 5.92 Å². The number of carbonyl (C=O) groups is 2. The Morgan fingerprint density at radius 2 is 1.62 bits per heavy atom. The van der Waals surface area contributed by atoms with Crippen LogP contribution < -0.4 is 20.1 Å². The molecule has 0 bridgehead atoms. The Labute approximate surface area is 233 Å². The van der Waals surface area contributed by atoms with Gasteiger partial charge in [-0.25, -0.2) is 9.18 Å². The Hall–Kier alpha value is -4.51. The van der Waals surface area contributed by atoms with Gasteiger partial charge in [-0.1, -0.05) is 62.4 Å². The highest BCUT2D eigenvalue weighted by molar-refractivity contribution is 6.01. The predicted octanol–water partition coefficient (Wildman–Crippen LogP) is 6.43. The van der Waals surface area contributed by atoms with Crippen molar-refractivity contribution in [1.82, 2.24) is 0 Å². The summed E-state index contributed by atoms with van der Waals surface area (Å²) in [6.45, 7) is 4.36. The number of ether oxygens (including phenoxy) is 1. The molecule has 1 amide bonds. The summed E-state index contributed by atoms with van der Waals surface area (Å²) >= 11 is 0. The minimum atomic E-state index is -0.450. The molecule has 5 heteroatoms. The normalized spacial score (nSPS) is 16.4. The maximum atomic E-state index is 13.5. The zero-order valence-electron chi connectivity index (χ0n) is 22.8. The van der Waals surface area contributed by atoms with Crippen LogP contribution in [-0.4, -0.2) is 18.9 Å². The summed E-state index contributed by atoms with van der Waals surface area (Å²) in [5, 5.41) is 2.23. The summed E-state index contributed by atoms with van der Waals surface area (Å²) in [5.41, 5.74) is 5.58. The minimum absolute atomic E-state index is 0.0134. The Balaban J connectivity index is 1.33. The van der Waals surface area contributed by atoms with Gasteiger partial charge in [0.25, 0.3) is 0 Å². The standard InChI is InChI=1S/C35H30FNO3/c1-35(2)21-24(33(38)22-9-12-25(36)13-10-22)20-31-30-15-11-23-19-27(14-16-28(23)29(30)17-18-32(31)35)40-34(39)37(3)26-7-5-4-6-8-26/h4-10,12-20,24H,11,21H2,1-3H3. The van der Waals surface area contributed by atoms with E-state index in [1.54, 1.807) is 19.2 Å². The van der Waals surface area contributed by atoms with Crippen molar-refractivity contribution in [2.45, 2.75) is 32.1 Å². The fourth-order valence-electron chi connectivity index (χ4n) is 5.98.